The van der Waals surface area contributed by atoms with Gasteiger partial charge in [0.05, 0.1) is 66.2 Å². The third kappa shape index (κ3) is 48.1. The molecule has 0 spiro atoms. The molecular formula is C19H26HoN7O12. The van der Waals surface area contributed by atoms with E-state index in [1.165, 1.54) is 0 Å². The normalized spacial score (nSPS) is 9.08. The van der Waals surface area contributed by atoms with Gasteiger partial charge < -0.3 is 60.5 Å². The summed E-state index contributed by atoms with van der Waals surface area (Å²) in [6.07, 6.45) is 6.99. The van der Waals surface area contributed by atoms with Crippen molar-refractivity contribution in [3.05, 3.63) is 106 Å². The maximum Gasteiger partial charge on any atom is 3.00 e. The van der Waals surface area contributed by atoms with E-state index in [2.05, 4.69) is 20.0 Å². The minimum atomic E-state index is -1.75. The monoisotopic (exact) mass is 709 g/mol. The van der Waals surface area contributed by atoms with E-state index in [4.69, 9.17) is 60.5 Å². The topological polar surface area (TPSA) is 288 Å². The molecule has 39 heavy (non-hydrogen) atoms. The van der Waals surface area contributed by atoms with E-state index in [1.807, 2.05) is 36.4 Å². The van der Waals surface area contributed by atoms with Crippen LogP contribution in [0.3, 0.4) is 0 Å². The van der Waals surface area contributed by atoms with Crippen LogP contribution in [-0.2, 0) is 9.47 Å². The summed E-state index contributed by atoms with van der Waals surface area (Å²) < 4.78 is 10.9. The van der Waals surface area contributed by atoms with E-state index in [0.29, 0.717) is 39.5 Å². The molecule has 0 aliphatic carbocycles. The van der Waals surface area contributed by atoms with Gasteiger partial charge in [0.25, 0.3) is 0 Å². The summed E-state index contributed by atoms with van der Waals surface area (Å²) in [7, 11) is 1.00. The van der Waals surface area contributed by atoms with Crippen LogP contribution >= 0.6 is 0 Å². The van der Waals surface area contributed by atoms with E-state index in [-0.39, 0.29) is 37.7 Å². The first kappa shape index (κ1) is 42.5. The van der Waals surface area contributed by atoms with Crippen LogP contribution in [-0.4, -0.2) is 89.4 Å². The smallest absolute Gasteiger partial charge is 0.400 e. The maximum absolute atomic E-state index is 8.25. The zero-order valence-corrected chi connectivity index (χ0v) is 22.3. The second-order valence-electron chi connectivity index (χ2n) is 5.48. The Labute approximate surface area is 251 Å². The van der Waals surface area contributed by atoms with Crippen LogP contribution in [0.5, 0.6) is 0 Å². The third-order valence-corrected chi connectivity index (χ3v) is 2.92. The number of aliphatic hydroxyl groups is 1. The van der Waals surface area contributed by atoms with Crippen molar-refractivity contribution >= 4 is 12.4 Å². The van der Waals surface area contributed by atoms with Gasteiger partial charge in [-0.25, -0.2) is 0 Å². The van der Waals surface area contributed by atoms with Gasteiger partial charge in [-0.15, -0.1) is 0 Å². The molecule has 0 aliphatic rings. The molecule has 0 aromatic carbocycles. The molecule has 0 saturated heterocycles. The molecule has 0 fully saturated rings. The Morgan fingerprint density at radius 2 is 1.00 bits per heavy atom. The fourth-order valence-corrected chi connectivity index (χ4v) is 1.78. The van der Waals surface area contributed by atoms with E-state index in [1.54, 1.807) is 24.8 Å². The Kier molecular flexibility index (Phi) is 37.4. The largest absolute Gasteiger partial charge is 3.00 e. The molecule has 0 saturated carbocycles. The van der Waals surface area contributed by atoms with Gasteiger partial charge in [0.2, 0.25) is 0 Å². The number of aliphatic imine (C=N–C) groups is 2. The predicted octanol–water partition coefficient (Wildman–Crippen LogP) is 0.939. The number of rotatable bonds is 11. The fourth-order valence-electron chi connectivity index (χ4n) is 1.78. The van der Waals surface area contributed by atoms with Crippen molar-refractivity contribution in [3.8, 4) is 0 Å². The van der Waals surface area contributed by atoms with Gasteiger partial charge in [0, 0.05) is 31.9 Å². The summed E-state index contributed by atoms with van der Waals surface area (Å²) >= 11 is 0. The van der Waals surface area contributed by atoms with Crippen LogP contribution in [0.4, 0.5) is 0 Å². The van der Waals surface area contributed by atoms with Crippen LogP contribution < -0.4 is 0 Å². The second-order valence-corrected chi connectivity index (χ2v) is 5.48. The number of aliphatic hydroxyl groups excluding tert-OH is 1. The molecule has 220 valence electrons. The zero-order valence-electron chi connectivity index (χ0n) is 20.4. The van der Waals surface area contributed by atoms with Crippen molar-refractivity contribution in [3.63, 3.8) is 0 Å². The minimum absolute atomic E-state index is 0. The Hall–Kier alpha value is -3.62. The molecule has 2 rings (SSSR count). The van der Waals surface area contributed by atoms with Gasteiger partial charge in [-0.1, -0.05) is 12.1 Å². The number of hydrogen-bond acceptors (Lipinski definition) is 16. The molecule has 1 N–H and O–H groups in total. The predicted molar refractivity (Wildman–Crippen MR) is 134 cm³/mol. The van der Waals surface area contributed by atoms with Gasteiger partial charge >= 0.3 is 37.7 Å². The summed E-state index contributed by atoms with van der Waals surface area (Å²) in [6, 6.07) is 11.4. The van der Waals surface area contributed by atoms with Gasteiger partial charge in [-0.3, -0.25) is 20.0 Å². The molecule has 0 aliphatic heterocycles. The van der Waals surface area contributed by atoms with Crippen LogP contribution in [0.1, 0.15) is 11.4 Å². The number of hydrogen-bond donors (Lipinski definition) is 1. The van der Waals surface area contributed by atoms with Crippen LogP contribution in [0.2, 0.25) is 0 Å². The molecule has 0 bridgehead atoms. The maximum atomic E-state index is 8.25. The summed E-state index contributed by atoms with van der Waals surface area (Å²) in [5.41, 5.74) is 1.71. The average Bonchev–Trinajstić information content (AvgIpc) is 2.86. The van der Waals surface area contributed by atoms with Crippen LogP contribution in [0, 0.1) is 83.7 Å². The third-order valence-electron chi connectivity index (χ3n) is 2.92. The molecule has 0 amide bonds. The van der Waals surface area contributed by atoms with Gasteiger partial charge in [-0.2, -0.15) is 0 Å². The first-order valence-electron chi connectivity index (χ1n) is 10.0. The van der Waals surface area contributed by atoms with Crippen molar-refractivity contribution in [2.24, 2.45) is 9.98 Å². The number of ether oxygens (including phenoxy) is 2. The van der Waals surface area contributed by atoms with E-state index < -0.39 is 15.3 Å². The summed E-state index contributed by atoms with van der Waals surface area (Å²) in [6.45, 7) is 3.50. The van der Waals surface area contributed by atoms with Crippen molar-refractivity contribution in [1.82, 2.24) is 9.97 Å². The number of pyridine rings is 2. The van der Waals surface area contributed by atoms with Crippen LogP contribution in [0.25, 0.3) is 0 Å². The minimum Gasteiger partial charge on any atom is -0.400 e. The van der Waals surface area contributed by atoms with Crippen LogP contribution in [0.15, 0.2) is 58.8 Å². The molecule has 2 aromatic heterocycles. The molecule has 0 atom stereocenters. The second kappa shape index (κ2) is 34.4. The van der Waals surface area contributed by atoms with E-state index >= 15 is 0 Å². The number of aromatic nitrogens is 2. The van der Waals surface area contributed by atoms with Crippen molar-refractivity contribution in [2.75, 3.05) is 46.6 Å². The summed E-state index contributed by atoms with van der Waals surface area (Å²) in [4.78, 5) is 41.6. The molecule has 0 unspecified atom stereocenters. The van der Waals surface area contributed by atoms with Gasteiger partial charge in [0.15, 0.2) is 0 Å². The molecule has 19 nitrogen and oxygen atoms in total. The Bertz CT molecular complexity index is 801. The van der Waals surface area contributed by atoms with Crippen molar-refractivity contribution < 1.29 is 67.6 Å². The van der Waals surface area contributed by atoms with E-state index in [9.17, 15) is 0 Å². The molecule has 2 aromatic rings. The standard InChI is InChI=1S/C18H22N4O2.CH4O.Ho.3NO3/c1-3-7-21-17(5-1)15-19-9-11-23-13-14-24-12-10-20-16-18-6-2-4-8-22-18;1-2;;3*2-1(3)4/h1-8,15-16H,9-14H2;2H,1H3;;;;/q;;+3;3*-1. The number of nitrogens with zero attached hydrogens (tertiary/aromatic N) is 7. The van der Waals surface area contributed by atoms with Crippen molar-refractivity contribution in [1.29, 1.82) is 0 Å². The zero-order chi connectivity index (χ0) is 29.4. The average molecular weight is 709 g/mol. The fraction of sp³-hybridized carbons (Fsp3) is 0.368. The van der Waals surface area contributed by atoms with E-state index in [0.717, 1.165) is 18.5 Å². The Morgan fingerprint density at radius 3 is 1.26 bits per heavy atom. The van der Waals surface area contributed by atoms with Crippen molar-refractivity contribution in [2.45, 2.75) is 0 Å². The molecule has 0 radical (unpaired) electrons. The molecule has 2 heterocycles. The summed E-state index contributed by atoms with van der Waals surface area (Å²) in [5, 5.41) is 51.2. The first-order valence-corrected chi connectivity index (χ1v) is 10.0. The molecule has 20 heteroatoms. The molecular weight excluding hydrogens is 683 g/mol. The van der Waals surface area contributed by atoms with Gasteiger partial charge in [-0.05, 0) is 24.3 Å². The first-order chi connectivity index (χ1) is 18.1. The van der Waals surface area contributed by atoms with Gasteiger partial charge in [0.1, 0.15) is 0 Å². The Morgan fingerprint density at radius 1 is 0.692 bits per heavy atom. The Balaban J connectivity index is -0.000000341. The summed E-state index contributed by atoms with van der Waals surface area (Å²) in [5.74, 6) is 0. The quantitative estimate of drug-likeness (QED) is 0.112. The SMILES string of the molecule is C(=NCCOCCOCCN=Cc1ccccn1)c1ccccn1.CO.O=[N+]([O-])[O-].O=[N+]([O-])[O-].O=[N+]([O-])[O-].[Ho+3].